The molecule has 1 heterocycles. The van der Waals surface area contributed by atoms with E-state index >= 15 is 0 Å². The number of nitrogens with zero attached hydrogens (tertiary/aromatic N) is 2. The van der Waals surface area contributed by atoms with E-state index in [0.29, 0.717) is 5.15 Å². The molecule has 1 saturated carbocycles. The summed E-state index contributed by atoms with van der Waals surface area (Å²) < 4.78 is 0. The molecule has 2 rings (SSSR count). The van der Waals surface area contributed by atoms with Crippen LogP contribution in [0.1, 0.15) is 38.7 Å². The zero-order chi connectivity index (χ0) is 13.1. The van der Waals surface area contributed by atoms with Crippen LogP contribution in [0, 0.1) is 5.92 Å². The minimum absolute atomic E-state index is 0.462. The summed E-state index contributed by atoms with van der Waals surface area (Å²) in [4.78, 5) is 6.65. The zero-order valence-electron chi connectivity index (χ0n) is 11.0. The van der Waals surface area contributed by atoms with Crippen LogP contribution in [0.3, 0.4) is 0 Å². The molecule has 4 heteroatoms. The lowest BCUT2D eigenvalue weighted by molar-refractivity contribution is 0.239. The van der Waals surface area contributed by atoms with Gasteiger partial charge in [0.2, 0.25) is 0 Å². The Labute approximate surface area is 119 Å². The van der Waals surface area contributed by atoms with Crippen LogP contribution in [0.5, 0.6) is 0 Å². The molecule has 0 spiro atoms. The Kier molecular flexibility index (Phi) is 4.88. The lowest BCUT2D eigenvalue weighted by atomic mass is 10.1. The van der Waals surface area contributed by atoms with E-state index in [0.717, 1.165) is 35.6 Å². The lowest BCUT2D eigenvalue weighted by Crippen LogP contribution is -2.27. The summed E-state index contributed by atoms with van der Waals surface area (Å²) in [6, 6.07) is 2.47. The SMILES string of the molecule is CC(C)CCN(Cc1cnc(Cl)cc1Cl)C1CC1. The second-order valence-corrected chi connectivity index (χ2v) is 6.28. The molecule has 100 valence electrons. The Balaban J connectivity index is 1.99. The van der Waals surface area contributed by atoms with Crippen molar-refractivity contribution in [2.24, 2.45) is 5.92 Å². The molecular weight excluding hydrogens is 267 g/mol. The summed E-state index contributed by atoms with van der Waals surface area (Å²) in [6.45, 7) is 6.56. The van der Waals surface area contributed by atoms with Crippen LogP contribution in [0.4, 0.5) is 0 Å². The van der Waals surface area contributed by atoms with Crippen molar-refractivity contribution >= 4 is 23.2 Å². The van der Waals surface area contributed by atoms with Crippen LogP contribution in [-0.4, -0.2) is 22.5 Å². The minimum Gasteiger partial charge on any atom is -0.296 e. The van der Waals surface area contributed by atoms with E-state index in [2.05, 4.69) is 23.7 Å². The van der Waals surface area contributed by atoms with Crippen LogP contribution < -0.4 is 0 Å². The molecule has 2 nitrogen and oxygen atoms in total. The highest BCUT2D eigenvalue weighted by atomic mass is 35.5. The summed E-state index contributed by atoms with van der Waals surface area (Å²) in [5.41, 5.74) is 1.08. The standard InChI is InChI=1S/C14H20Cl2N2/c1-10(2)5-6-18(12-3-4-12)9-11-8-17-14(16)7-13(11)15/h7-8,10,12H,3-6,9H2,1-2H3. The number of halogens is 2. The number of rotatable bonds is 6. The Morgan fingerprint density at radius 3 is 2.67 bits per heavy atom. The van der Waals surface area contributed by atoms with Gasteiger partial charge in [0, 0.05) is 29.4 Å². The van der Waals surface area contributed by atoms with Gasteiger partial charge in [-0.25, -0.2) is 4.98 Å². The van der Waals surface area contributed by atoms with Gasteiger partial charge in [0.15, 0.2) is 0 Å². The van der Waals surface area contributed by atoms with Gasteiger partial charge in [0.05, 0.1) is 0 Å². The molecule has 0 unspecified atom stereocenters. The molecule has 0 radical (unpaired) electrons. The van der Waals surface area contributed by atoms with E-state index in [1.807, 2.05) is 0 Å². The van der Waals surface area contributed by atoms with Gasteiger partial charge in [-0.05, 0) is 37.8 Å². The molecule has 1 aromatic heterocycles. The maximum atomic E-state index is 6.21. The zero-order valence-corrected chi connectivity index (χ0v) is 12.5. The summed E-state index contributed by atoms with van der Waals surface area (Å²) in [6.07, 6.45) is 5.66. The molecule has 0 atom stereocenters. The van der Waals surface area contributed by atoms with Gasteiger partial charge in [-0.3, -0.25) is 4.90 Å². The third-order valence-electron chi connectivity index (χ3n) is 3.33. The minimum atomic E-state index is 0.462. The maximum absolute atomic E-state index is 6.21. The van der Waals surface area contributed by atoms with Gasteiger partial charge in [0.25, 0.3) is 0 Å². The average molecular weight is 287 g/mol. The topological polar surface area (TPSA) is 16.1 Å². The smallest absolute Gasteiger partial charge is 0.130 e. The average Bonchev–Trinajstić information content (AvgIpc) is 3.10. The number of hydrogen-bond acceptors (Lipinski definition) is 2. The molecule has 1 aliphatic rings. The Morgan fingerprint density at radius 1 is 1.39 bits per heavy atom. The summed E-state index contributed by atoms with van der Waals surface area (Å²) >= 11 is 12.0. The van der Waals surface area contributed by atoms with E-state index in [1.165, 1.54) is 19.3 Å². The monoisotopic (exact) mass is 286 g/mol. The van der Waals surface area contributed by atoms with Gasteiger partial charge in [-0.2, -0.15) is 0 Å². The van der Waals surface area contributed by atoms with Gasteiger partial charge in [-0.1, -0.05) is 37.0 Å². The third-order valence-corrected chi connectivity index (χ3v) is 3.89. The Bertz CT molecular complexity index is 403. The Morgan fingerprint density at radius 2 is 2.11 bits per heavy atom. The molecule has 0 N–H and O–H groups in total. The largest absolute Gasteiger partial charge is 0.296 e. The van der Waals surface area contributed by atoms with Crippen molar-refractivity contribution in [3.8, 4) is 0 Å². The van der Waals surface area contributed by atoms with E-state index in [1.54, 1.807) is 12.3 Å². The summed E-state index contributed by atoms with van der Waals surface area (Å²) in [5.74, 6) is 0.741. The van der Waals surface area contributed by atoms with Crippen molar-refractivity contribution in [1.29, 1.82) is 0 Å². The second-order valence-electron chi connectivity index (χ2n) is 5.48. The fraction of sp³-hybridized carbons (Fsp3) is 0.643. The molecule has 18 heavy (non-hydrogen) atoms. The highest BCUT2D eigenvalue weighted by molar-refractivity contribution is 6.34. The van der Waals surface area contributed by atoms with Gasteiger partial charge >= 0.3 is 0 Å². The fourth-order valence-electron chi connectivity index (χ4n) is 2.03. The molecule has 0 aromatic carbocycles. The second kappa shape index (κ2) is 6.23. The molecule has 1 fully saturated rings. The van der Waals surface area contributed by atoms with Gasteiger partial charge in [0.1, 0.15) is 5.15 Å². The van der Waals surface area contributed by atoms with Crippen LogP contribution in [0.15, 0.2) is 12.3 Å². The molecule has 0 amide bonds. The highest BCUT2D eigenvalue weighted by Gasteiger charge is 2.29. The van der Waals surface area contributed by atoms with Gasteiger partial charge < -0.3 is 0 Å². The summed E-state index contributed by atoms with van der Waals surface area (Å²) in [7, 11) is 0. The first kappa shape index (κ1) is 14.1. The molecule has 1 aliphatic carbocycles. The van der Waals surface area contributed by atoms with Crippen molar-refractivity contribution in [3.63, 3.8) is 0 Å². The van der Waals surface area contributed by atoms with Crippen molar-refractivity contribution < 1.29 is 0 Å². The lowest BCUT2D eigenvalue weighted by Gasteiger charge is -2.23. The van der Waals surface area contributed by atoms with Crippen molar-refractivity contribution in [1.82, 2.24) is 9.88 Å². The first-order valence-corrected chi connectivity index (χ1v) is 7.36. The third kappa shape index (κ3) is 4.11. The number of hydrogen-bond donors (Lipinski definition) is 0. The van der Waals surface area contributed by atoms with Gasteiger partial charge in [-0.15, -0.1) is 0 Å². The fourth-order valence-corrected chi connectivity index (χ4v) is 2.45. The van der Waals surface area contributed by atoms with Crippen LogP contribution in [0.2, 0.25) is 10.2 Å². The summed E-state index contributed by atoms with van der Waals surface area (Å²) in [5, 5.41) is 1.19. The van der Waals surface area contributed by atoms with Crippen LogP contribution in [-0.2, 0) is 6.54 Å². The quantitative estimate of drug-likeness (QED) is 0.721. The highest BCUT2D eigenvalue weighted by Crippen LogP contribution is 2.30. The van der Waals surface area contributed by atoms with E-state index in [4.69, 9.17) is 23.2 Å². The maximum Gasteiger partial charge on any atom is 0.130 e. The number of aromatic nitrogens is 1. The molecule has 0 saturated heterocycles. The van der Waals surface area contributed by atoms with Crippen LogP contribution >= 0.6 is 23.2 Å². The van der Waals surface area contributed by atoms with Crippen molar-refractivity contribution in [2.75, 3.05) is 6.54 Å². The predicted octanol–water partition coefficient (Wildman–Crippen LogP) is 4.40. The predicted molar refractivity (Wildman–Crippen MR) is 77.1 cm³/mol. The van der Waals surface area contributed by atoms with Crippen molar-refractivity contribution in [3.05, 3.63) is 28.0 Å². The normalized spacial score (nSPS) is 15.7. The molecule has 1 aromatic rings. The first-order valence-electron chi connectivity index (χ1n) is 6.60. The number of pyridine rings is 1. The Hall–Kier alpha value is -0.310. The van der Waals surface area contributed by atoms with E-state index in [-0.39, 0.29) is 0 Å². The molecular formula is C14H20Cl2N2. The van der Waals surface area contributed by atoms with Crippen LogP contribution in [0.25, 0.3) is 0 Å². The molecule has 0 bridgehead atoms. The van der Waals surface area contributed by atoms with E-state index in [9.17, 15) is 0 Å². The molecule has 0 aliphatic heterocycles. The van der Waals surface area contributed by atoms with Crippen molar-refractivity contribution in [2.45, 2.75) is 45.7 Å². The van der Waals surface area contributed by atoms with E-state index < -0.39 is 0 Å². The first-order chi connectivity index (χ1) is 8.56.